The number of hydrogen-bond acceptors (Lipinski definition) is 3. The fourth-order valence-corrected chi connectivity index (χ4v) is 2.28. The standard InChI is InChI=1S/C13H16F3NO2/c14-13(15,16)19-10-5-3-4-9(8-10)17-11-6-1-2-7-12(11)18/h3-5,8,11-12,17-18H,1-2,6-7H2/t11-,12-/m0/s1. The van der Waals surface area contributed by atoms with Gasteiger partial charge in [-0.2, -0.15) is 0 Å². The Kier molecular flexibility index (Phi) is 4.19. The number of rotatable bonds is 3. The molecule has 19 heavy (non-hydrogen) atoms. The predicted octanol–water partition coefficient (Wildman–Crippen LogP) is 3.30. The Bertz CT molecular complexity index is 423. The molecule has 2 N–H and O–H groups in total. The topological polar surface area (TPSA) is 41.5 Å². The minimum absolute atomic E-state index is 0.116. The number of hydrogen-bond donors (Lipinski definition) is 2. The summed E-state index contributed by atoms with van der Waals surface area (Å²) in [6, 6.07) is 5.56. The Labute approximate surface area is 109 Å². The molecule has 0 aromatic heterocycles. The zero-order chi connectivity index (χ0) is 13.9. The van der Waals surface area contributed by atoms with E-state index in [9.17, 15) is 18.3 Å². The third-order valence-corrected chi connectivity index (χ3v) is 3.15. The van der Waals surface area contributed by atoms with Crippen LogP contribution in [0.5, 0.6) is 5.75 Å². The predicted molar refractivity (Wildman–Crippen MR) is 65.0 cm³/mol. The molecule has 0 spiro atoms. The van der Waals surface area contributed by atoms with Crippen LogP contribution in [0.25, 0.3) is 0 Å². The summed E-state index contributed by atoms with van der Waals surface area (Å²) in [6.45, 7) is 0. The number of ether oxygens (including phenoxy) is 1. The van der Waals surface area contributed by atoms with E-state index in [0.29, 0.717) is 5.69 Å². The maximum absolute atomic E-state index is 12.1. The number of alkyl halides is 3. The first-order valence-electron chi connectivity index (χ1n) is 6.24. The summed E-state index contributed by atoms with van der Waals surface area (Å²) < 4.78 is 40.2. The van der Waals surface area contributed by atoms with E-state index in [4.69, 9.17) is 0 Å². The zero-order valence-electron chi connectivity index (χ0n) is 10.3. The number of benzene rings is 1. The van der Waals surface area contributed by atoms with Gasteiger partial charge in [-0.3, -0.25) is 0 Å². The quantitative estimate of drug-likeness (QED) is 0.889. The van der Waals surface area contributed by atoms with Crippen molar-refractivity contribution in [2.75, 3.05) is 5.32 Å². The summed E-state index contributed by atoms with van der Waals surface area (Å²) in [5, 5.41) is 12.9. The molecule has 0 aliphatic heterocycles. The first kappa shape index (κ1) is 14.0. The first-order chi connectivity index (χ1) is 8.94. The van der Waals surface area contributed by atoms with Crippen molar-refractivity contribution in [2.45, 2.75) is 44.2 Å². The lowest BCUT2D eigenvalue weighted by molar-refractivity contribution is -0.274. The van der Waals surface area contributed by atoms with E-state index in [1.165, 1.54) is 18.2 Å². The third-order valence-electron chi connectivity index (χ3n) is 3.15. The molecule has 1 aromatic carbocycles. The molecule has 3 nitrogen and oxygen atoms in total. The number of anilines is 1. The van der Waals surface area contributed by atoms with Gasteiger partial charge in [0, 0.05) is 11.8 Å². The average molecular weight is 275 g/mol. The summed E-state index contributed by atoms with van der Waals surface area (Å²) in [5.41, 5.74) is 0.521. The van der Waals surface area contributed by atoms with Crippen molar-refractivity contribution in [1.82, 2.24) is 0 Å². The minimum Gasteiger partial charge on any atom is -0.406 e. The van der Waals surface area contributed by atoms with Crippen LogP contribution >= 0.6 is 0 Å². The van der Waals surface area contributed by atoms with Gasteiger partial charge in [-0.1, -0.05) is 18.9 Å². The van der Waals surface area contributed by atoms with Crippen LogP contribution < -0.4 is 10.1 Å². The van der Waals surface area contributed by atoms with Crippen molar-refractivity contribution in [3.63, 3.8) is 0 Å². The summed E-state index contributed by atoms with van der Waals surface area (Å²) in [4.78, 5) is 0. The molecule has 2 atom stereocenters. The van der Waals surface area contributed by atoms with Gasteiger partial charge >= 0.3 is 6.36 Å². The van der Waals surface area contributed by atoms with Crippen LogP contribution in [0, 0.1) is 0 Å². The number of aliphatic hydroxyl groups is 1. The molecule has 0 unspecified atom stereocenters. The van der Waals surface area contributed by atoms with Gasteiger partial charge < -0.3 is 15.2 Å². The van der Waals surface area contributed by atoms with Crippen LogP contribution in [0.4, 0.5) is 18.9 Å². The summed E-state index contributed by atoms with van der Waals surface area (Å²) in [5.74, 6) is -0.261. The molecule has 106 valence electrons. The summed E-state index contributed by atoms with van der Waals surface area (Å²) in [6.07, 6.45) is -1.63. The Morgan fingerprint density at radius 3 is 2.63 bits per heavy atom. The minimum atomic E-state index is -4.69. The molecule has 0 heterocycles. The Morgan fingerprint density at radius 2 is 1.95 bits per heavy atom. The van der Waals surface area contributed by atoms with Gasteiger partial charge in [-0.15, -0.1) is 13.2 Å². The van der Waals surface area contributed by atoms with Gasteiger partial charge in [-0.25, -0.2) is 0 Å². The van der Waals surface area contributed by atoms with Gasteiger partial charge in [0.25, 0.3) is 0 Å². The van der Waals surface area contributed by atoms with Crippen LogP contribution in [0.1, 0.15) is 25.7 Å². The second-order valence-corrected chi connectivity index (χ2v) is 4.68. The number of aliphatic hydroxyl groups excluding tert-OH is 1. The van der Waals surface area contributed by atoms with Crippen molar-refractivity contribution < 1.29 is 23.0 Å². The van der Waals surface area contributed by atoms with E-state index in [1.807, 2.05) is 0 Å². The van der Waals surface area contributed by atoms with Gasteiger partial charge in [0.15, 0.2) is 0 Å². The maximum Gasteiger partial charge on any atom is 0.573 e. The van der Waals surface area contributed by atoms with E-state index < -0.39 is 12.5 Å². The van der Waals surface area contributed by atoms with Crippen LogP contribution in [0.3, 0.4) is 0 Å². The lowest BCUT2D eigenvalue weighted by atomic mass is 9.92. The monoisotopic (exact) mass is 275 g/mol. The van der Waals surface area contributed by atoms with Gasteiger partial charge in [-0.05, 0) is 25.0 Å². The van der Waals surface area contributed by atoms with Crippen molar-refractivity contribution >= 4 is 5.69 Å². The molecule has 0 bridgehead atoms. The van der Waals surface area contributed by atoms with E-state index in [1.54, 1.807) is 6.07 Å². The Hall–Kier alpha value is -1.43. The molecule has 6 heteroatoms. The lowest BCUT2D eigenvalue weighted by Crippen LogP contribution is -2.36. The molecule has 1 fully saturated rings. The third kappa shape index (κ3) is 4.31. The Balaban J connectivity index is 2.02. The van der Waals surface area contributed by atoms with Gasteiger partial charge in [0.2, 0.25) is 0 Å². The number of halogens is 3. The molecule has 0 radical (unpaired) electrons. The van der Waals surface area contributed by atoms with E-state index in [-0.39, 0.29) is 11.8 Å². The fourth-order valence-electron chi connectivity index (χ4n) is 2.28. The van der Waals surface area contributed by atoms with Crippen LogP contribution in [0.15, 0.2) is 24.3 Å². The highest BCUT2D eigenvalue weighted by Crippen LogP contribution is 2.27. The van der Waals surface area contributed by atoms with Gasteiger partial charge in [0.05, 0.1) is 12.1 Å². The van der Waals surface area contributed by atoms with Gasteiger partial charge in [0.1, 0.15) is 5.75 Å². The van der Waals surface area contributed by atoms with Crippen molar-refractivity contribution in [3.05, 3.63) is 24.3 Å². The molecule has 1 aliphatic carbocycles. The maximum atomic E-state index is 12.1. The van der Waals surface area contributed by atoms with Crippen LogP contribution in [-0.2, 0) is 0 Å². The van der Waals surface area contributed by atoms with Crippen molar-refractivity contribution in [1.29, 1.82) is 0 Å². The summed E-state index contributed by atoms with van der Waals surface area (Å²) in [7, 11) is 0. The molecule has 1 aromatic rings. The second-order valence-electron chi connectivity index (χ2n) is 4.68. The SMILES string of the molecule is O[C@H]1CCCC[C@@H]1Nc1cccc(OC(F)(F)F)c1. The zero-order valence-corrected chi connectivity index (χ0v) is 10.3. The van der Waals surface area contributed by atoms with Crippen molar-refractivity contribution in [2.24, 2.45) is 0 Å². The summed E-state index contributed by atoms with van der Waals surface area (Å²) >= 11 is 0. The smallest absolute Gasteiger partial charge is 0.406 e. The van der Waals surface area contributed by atoms with Crippen molar-refractivity contribution in [3.8, 4) is 5.75 Å². The highest BCUT2D eigenvalue weighted by Gasteiger charge is 2.31. The lowest BCUT2D eigenvalue weighted by Gasteiger charge is -2.29. The molecule has 1 aliphatic rings. The van der Waals surface area contributed by atoms with E-state index >= 15 is 0 Å². The molecule has 0 amide bonds. The Morgan fingerprint density at radius 1 is 1.21 bits per heavy atom. The molecule has 2 rings (SSSR count). The van der Waals surface area contributed by atoms with Crippen LogP contribution in [0.2, 0.25) is 0 Å². The number of nitrogens with one attached hydrogen (secondary N) is 1. The van der Waals surface area contributed by atoms with E-state index in [0.717, 1.165) is 25.7 Å². The molecular weight excluding hydrogens is 259 g/mol. The highest BCUT2D eigenvalue weighted by molar-refractivity contribution is 5.49. The molecular formula is C13H16F3NO2. The normalized spacial score (nSPS) is 24.0. The fraction of sp³-hybridized carbons (Fsp3) is 0.538. The molecule has 0 saturated heterocycles. The van der Waals surface area contributed by atoms with E-state index in [2.05, 4.69) is 10.1 Å². The first-order valence-corrected chi connectivity index (χ1v) is 6.24. The highest BCUT2D eigenvalue weighted by atomic mass is 19.4. The second kappa shape index (κ2) is 5.69. The molecule has 1 saturated carbocycles. The largest absolute Gasteiger partial charge is 0.573 e. The van der Waals surface area contributed by atoms with Crippen LogP contribution in [-0.4, -0.2) is 23.6 Å². The average Bonchev–Trinajstić information content (AvgIpc) is 2.30.